The van der Waals surface area contributed by atoms with Crippen LogP contribution >= 0.6 is 23.1 Å². The largest absolute Gasteiger partial charge is 0.338 e. The summed E-state index contributed by atoms with van der Waals surface area (Å²) in [5.41, 5.74) is 0.722. The highest BCUT2D eigenvalue weighted by molar-refractivity contribution is 7.99. The number of rotatable bonds is 6. The van der Waals surface area contributed by atoms with Gasteiger partial charge in [0.2, 0.25) is 11.8 Å². The van der Waals surface area contributed by atoms with Gasteiger partial charge in [-0.15, -0.1) is 21.5 Å². The van der Waals surface area contributed by atoms with Crippen molar-refractivity contribution in [1.29, 1.82) is 0 Å². The predicted molar refractivity (Wildman–Crippen MR) is 88.7 cm³/mol. The summed E-state index contributed by atoms with van der Waals surface area (Å²) in [6.45, 7) is 1.79. The minimum absolute atomic E-state index is 0.172. The molecule has 0 aliphatic rings. The van der Waals surface area contributed by atoms with Gasteiger partial charge in [0, 0.05) is 24.4 Å². The minimum atomic E-state index is -0.172. The quantitative estimate of drug-likeness (QED) is 0.688. The fourth-order valence-electron chi connectivity index (χ4n) is 1.92. The molecule has 3 aromatic heterocycles. The van der Waals surface area contributed by atoms with Gasteiger partial charge in [0.25, 0.3) is 0 Å². The van der Waals surface area contributed by atoms with E-state index < -0.39 is 0 Å². The highest BCUT2D eigenvalue weighted by atomic mass is 32.2. The van der Waals surface area contributed by atoms with Crippen molar-refractivity contribution in [2.75, 3.05) is 11.1 Å². The van der Waals surface area contributed by atoms with Crippen molar-refractivity contribution in [2.45, 2.75) is 18.5 Å². The van der Waals surface area contributed by atoms with Crippen molar-refractivity contribution in [3.8, 4) is 0 Å². The number of amides is 1. The van der Waals surface area contributed by atoms with E-state index in [2.05, 4.69) is 26.7 Å². The standard InChI is InChI=1S/C14H15N5O2S2/c1-9-6-13(21-18-9)15-12(20)8-23-14-17-16-11(19(14)2)7-10-4-3-5-22-10/h3-6H,7-8H2,1-2H3,(H,15,20). The fraction of sp³-hybridized carbons (Fsp3) is 0.286. The van der Waals surface area contributed by atoms with E-state index in [0.717, 1.165) is 17.9 Å². The molecule has 0 spiro atoms. The van der Waals surface area contributed by atoms with Crippen LogP contribution in [0, 0.1) is 6.92 Å². The molecule has 0 aliphatic heterocycles. The van der Waals surface area contributed by atoms with E-state index in [-0.39, 0.29) is 11.7 Å². The molecule has 0 unspecified atom stereocenters. The first-order chi connectivity index (χ1) is 11.1. The first-order valence-electron chi connectivity index (χ1n) is 6.88. The molecule has 9 heteroatoms. The second kappa shape index (κ2) is 6.97. The van der Waals surface area contributed by atoms with Crippen LogP contribution in [0.4, 0.5) is 5.88 Å². The van der Waals surface area contributed by atoms with Crippen LogP contribution in [-0.4, -0.2) is 31.6 Å². The molecular weight excluding hydrogens is 334 g/mol. The van der Waals surface area contributed by atoms with Crippen LogP contribution in [0.25, 0.3) is 0 Å². The summed E-state index contributed by atoms with van der Waals surface area (Å²) < 4.78 is 6.86. The lowest BCUT2D eigenvalue weighted by atomic mass is 10.3. The topological polar surface area (TPSA) is 85.8 Å². The lowest BCUT2D eigenvalue weighted by Gasteiger charge is -2.03. The van der Waals surface area contributed by atoms with Gasteiger partial charge in [-0.2, -0.15) is 0 Å². The maximum Gasteiger partial charge on any atom is 0.237 e. The third kappa shape index (κ3) is 3.99. The summed E-state index contributed by atoms with van der Waals surface area (Å²) in [6, 6.07) is 5.75. The van der Waals surface area contributed by atoms with Gasteiger partial charge in [0.15, 0.2) is 5.16 Å². The van der Waals surface area contributed by atoms with E-state index in [1.165, 1.54) is 16.6 Å². The first kappa shape index (κ1) is 15.8. The van der Waals surface area contributed by atoms with Gasteiger partial charge in [0.05, 0.1) is 11.4 Å². The van der Waals surface area contributed by atoms with Crippen molar-refractivity contribution in [2.24, 2.45) is 7.05 Å². The van der Waals surface area contributed by atoms with Crippen LogP contribution in [0.5, 0.6) is 0 Å². The summed E-state index contributed by atoms with van der Waals surface area (Å²) in [4.78, 5) is 13.1. The highest BCUT2D eigenvalue weighted by Gasteiger charge is 2.13. The third-order valence-corrected chi connectivity index (χ3v) is 4.96. The number of nitrogens with zero attached hydrogens (tertiary/aromatic N) is 4. The Morgan fingerprint density at radius 3 is 3.04 bits per heavy atom. The Balaban J connectivity index is 1.56. The van der Waals surface area contributed by atoms with Crippen molar-refractivity contribution in [1.82, 2.24) is 19.9 Å². The molecule has 3 rings (SSSR count). The van der Waals surface area contributed by atoms with E-state index in [0.29, 0.717) is 11.0 Å². The summed E-state index contributed by atoms with van der Waals surface area (Å²) in [7, 11) is 1.91. The Bertz CT molecular complexity index is 794. The third-order valence-electron chi connectivity index (χ3n) is 3.06. The van der Waals surface area contributed by atoms with Gasteiger partial charge in [-0.25, -0.2) is 0 Å². The molecule has 0 aliphatic carbocycles. The number of hydrogen-bond donors (Lipinski definition) is 1. The molecule has 1 N–H and O–H groups in total. The Morgan fingerprint density at radius 2 is 2.35 bits per heavy atom. The lowest BCUT2D eigenvalue weighted by Crippen LogP contribution is -2.14. The van der Waals surface area contributed by atoms with Crippen molar-refractivity contribution >= 4 is 34.9 Å². The molecule has 0 aromatic carbocycles. The number of aromatic nitrogens is 4. The number of anilines is 1. The maximum absolute atomic E-state index is 11.9. The molecule has 0 atom stereocenters. The Labute approximate surface area is 141 Å². The fourth-order valence-corrected chi connectivity index (χ4v) is 3.35. The molecule has 120 valence electrons. The highest BCUT2D eigenvalue weighted by Crippen LogP contribution is 2.19. The zero-order valence-electron chi connectivity index (χ0n) is 12.6. The average Bonchev–Trinajstić information content (AvgIpc) is 3.23. The van der Waals surface area contributed by atoms with E-state index in [1.807, 2.05) is 23.1 Å². The van der Waals surface area contributed by atoms with Crippen LogP contribution in [0.1, 0.15) is 16.4 Å². The zero-order chi connectivity index (χ0) is 16.2. The Kier molecular flexibility index (Phi) is 4.77. The molecule has 0 saturated heterocycles. The van der Waals surface area contributed by atoms with Gasteiger partial charge in [-0.3, -0.25) is 10.1 Å². The average molecular weight is 349 g/mol. The number of carbonyl (C=O) groups is 1. The molecule has 0 bridgehead atoms. The normalized spacial score (nSPS) is 10.9. The van der Waals surface area contributed by atoms with Gasteiger partial charge in [0.1, 0.15) is 5.82 Å². The van der Waals surface area contributed by atoms with Gasteiger partial charge in [-0.05, 0) is 18.4 Å². The van der Waals surface area contributed by atoms with Gasteiger partial charge < -0.3 is 9.09 Å². The van der Waals surface area contributed by atoms with Crippen molar-refractivity contribution < 1.29 is 9.32 Å². The zero-order valence-corrected chi connectivity index (χ0v) is 14.3. The van der Waals surface area contributed by atoms with E-state index in [1.54, 1.807) is 24.3 Å². The maximum atomic E-state index is 11.9. The van der Waals surface area contributed by atoms with E-state index >= 15 is 0 Å². The monoisotopic (exact) mass is 349 g/mol. The molecule has 3 aromatic rings. The van der Waals surface area contributed by atoms with Crippen LogP contribution in [0.2, 0.25) is 0 Å². The minimum Gasteiger partial charge on any atom is -0.338 e. The molecule has 3 heterocycles. The summed E-state index contributed by atoms with van der Waals surface area (Å²) in [5.74, 6) is 1.28. The molecular formula is C14H15N5O2S2. The molecule has 7 nitrogen and oxygen atoms in total. The SMILES string of the molecule is Cc1cc(NC(=O)CSc2nnc(Cc3cccs3)n2C)on1. The molecule has 0 fully saturated rings. The van der Waals surface area contributed by atoms with E-state index in [4.69, 9.17) is 4.52 Å². The van der Waals surface area contributed by atoms with Crippen molar-refractivity contribution in [3.63, 3.8) is 0 Å². The van der Waals surface area contributed by atoms with Gasteiger partial charge >= 0.3 is 0 Å². The van der Waals surface area contributed by atoms with Crippen molar-refractivity contribution in [3.05, 3.63) is 40.0 Å². The predicted octanol–water partition coefficient (Wildman–Crippen LogP) is 2.49. The van der Waals surface area contributed by atoms with E-state index in [9.17, 15) is 4.79 Å². The number of aryl methyl sites for hydroxylation is 1. The molecule has 23 heavy (non-hydrogen) atoms. The Morgan fingerprint density at radius 1 is 1.48 bits per heavy atom. The summed E-state index contributed by atoms with van der Waals surface area (Å²) in [6.07, 6.45) is 0.741. The first-order valence-corrected chi connectivity index (χ1v) is 8.75. The Hall–Kier alpha value is -2.13. The lowest BCUT2D eigenvalue weighted by molar-refractivity contribution is -0.113. The molecule has 1 amide bonds. The molecule has 0 saturated carbocycles. The van der Waals surface area contributed by atoms with Gasteiger partial charge in [-0.1, -0.05) is 23.0 Å². The van der Waals surface area contributed by atoms with Crippen LogP contribution in [0.3, 0.4) is 0 Å². The summed E-state index contributed by atoms with van der Waals surface area (Å²) >= 11 is 3.02. The number of thioether (sulfide) groups is 1. The number of nitrogens with one attached hydrogen (secondary N) is 1. The second-order valence-electron chi connectivity index (χ2n) is 4.88. The van der Waals surface area contributed by atoms with Crippen LogP contribution < -0.4 is 5.32 Å². The number of thiophene rings is 1. The number of hydrogen-bond acceptors (Lipinski definition) is 7. The summed E-state index contributed by atoms with van der Waals surface area (Å²) in [5, 5.41) is 17.5. The smallest absolute Gasteiger partial charge is 0.237 e. The second-order valence-corrected chi connectivity index (χ2v) is 6.86. The number of carbonyl (C=O) groups excluding carboxylic acids is 1. The van der Waals surface area contributed by atoms with Crippen LogP contribution in [0.15, 0.2) is 33.3 Å². The van der Waals surface area contributed by atoms with Crippen LogP contribution in [-0.2, 0) is 18.3 Å². The molecule has 0 radical (unpaired) electrons.